The summed E-state index contributed by atoms with van der Waals surface area (Å²) in [5, 5.41) is 34.7. The van der Waals surface area contributed by atoms with Gasteiger partial charge in [-0.25, -0.2) is 16.8 Å². The van der Waals surface area contributed by atoms with Gasteiger partial charge in [0.15, 0.2) is 0 Å². The van der Waals surface area contributed by atoms with Gasteiger partial charge in [0, 0.05) is 18.9 Å². The quantitative estimate of drug-likeness (QED) is 0.0756. The van der Waals surface area contributed by atoms with Crippen molar-refractivity contribution in [3.8, 4) is 11.5 Å². The van der Waals surface area contributed by atoms with E-state index >= 15 is 0 Å². The number of azide groups is 2. The van der Waals surface area contributed by atoms with Crippen molar-refractivity contribution in [2.45, 2.75) is 9.79 Å². The average molecular weight is 631 g/mol. The molecule has 0 radical (unpaired) electrons. The summed E-state index contributed by atoms with van der Waals surface area (Å²) in [4.78, 5) is 3.84. The van der Waals surface area contributed by atoms with Crippen LogP contribution in [-0.2, 0) is 20.0 Å². The number of hydrogen-bond donors (Lipinski definition) is 2. The van der Waals surface area contributed by atoms with Crippen molar-refractivity contribution in [1.29, 1.82) is 0 Å². The van der Waals surface area contributed by atoms with Crippen LogP contribution in [0.25, 0.3) is 33.0 Å². The summed E-state index contributed by atoms with van der Waals surface area (Å²) in [5.74, 6) is 0.0395. The first kappa shape index (κ1) is 30.9. The van der Waals surface area contributed by atoms with Crippen molar-refractivity contribution in [2.24, 2.45) is 29.5 Å². The van der Waals surface area contributed by atoms with Crippen molar-refractivity contribution in [3.63, 3.8) is 0 Å². The SMILES string of the molecule is [N-]=[N+]=NS(=O)(=O)c1cc(N=Nc2ccc(O)cc2)ccc1/C=C/c1ccc(N=Nc2ccc(O)cc2)cc1S(=O)(=O)N=[N+]=[N-]. The maximum absolute atomic E-state index is 12.7. The first-order valence-electron chi connectivity index (χ1n) is 12.0. The molecule has 4 aromatic rings. The van der Waals surface area contributed by atoms with E-state index in [1.165, 1.54) is 84.9 Å². The van der Waals surface area contributed by atoms with Gasteiger partial charge in [0.2, 0.25) is 0 Å². The number of benzene rings is 4. The van der Waals surface area contributed by atoms with Crippen molar-refractivity contribution in [2.75, 3.05) is 0 Å². The molecule has 0 fully saturated rings. The lowest BCUT2D eigenvalue weighted by atomic mass is 10.1. The lowest BCUT2D eigenvalue weighted by Gasteiger charge is -2.07. The second-order valence-electron chi connectivity index (χ2n) is 8.50. The van der Waals surface area contributed by atoms with Gasteiger partial charge in [-0.2, -0.15) is 20.5 Å². The number of phenolic OH excluding ortho intramolecular Hbond substituents is 2. The minimum absolute atomic E-state index is 0.00390. The van der Waals surface area contributed by atoms with Crippen LogP contribution in [0.3, 0.4) is 0 Å². The largest absolute Gasteiger partial charge is 0.508 e. The molecule has 0 saturated heterocycles. The zero-order valence-electron chi connectivity index (χ0n) is 22.1. The van der Waals surface area contributed by atoms with E-state index in [4.69, 9.17) is 11.1 Å². The Kier molecular flexibility index (Phi) is 9.32. The summed E-state index contributed by atoms with van der Waals surface area (Å²) in [5.41, 5.74) is 18.5. The molecule has 0 aliphatic rings. The van der Waals surface area contributed by atoms with E-state index in [0.717, 1.165) is 12.1 Å². The molecule has 18 heteroatoms. The van der Waals surface area contributed by atoms with Gasteiger partial charge >= 0.3 is 0 Å². The molecule has 0 amide bonds. The van der Waals surface area contributed by atoms with Crippen LogP contribution in [0, 0.1) is 0 Å². The fraction of sp³-hybridized carbons (Fsp3) is 0. The first-order chi connectivity index (χ1) is 21.0. The van der Waals surface area contributed by atoms with E-state index in [2.05, 4.69) is 39.3 Å². The Morgan fingerprint density at radius 1 is 0.523 bits per heavy atom. The summed E-state index contributed by atoms with van der Waals surface area (Å²) < 4.78 is 56.8. The molecule has 0 bridgehead atoms. The molecule has 0 aromatic heterocycles. The minimum atomic E-state index is -4.55. The molecule has 0 unspecified atom stereocenters. The molecule has 2 N–H and O–H groups in total. The van der Waals surface area contributed by atoms with E-state index in [-0.39, 0.29) is 34.0 Å². The summed E-state index contributed by atoms with van der Waals surface area (Å²) >= 11 is 0. The average Bonchev–Trinajstić information content (AvgIpc) is 3.00. The van der Waals surface area contributed by atoms with Gasteiger partial charge in [0.25, 0.3) is 20.0 Å². The Morgan fingerprint density at radius 2 is 0.841 bits per heavy atom. The topological polar surface area (TPSA) is 256 Å². The predicted molar refractivity (Wildman–Crippen MR) is 159 cm³/mol. The third kappa shape index (κ3) is 7.81. The zero-order valence-corrected chi connectivity index (χ0v) is 23.7. The van der Waals surface area contributed by atoms with Crippen LogP contribution < -0.4 is 0 Å². The first-order valence-corrected chi connectivity index (χ1v) is 14.9. The number of sulfonamides is 2. The molecule has 0 atom stereocenters. The number of nitrogens with zero attached hydrogens (tertiary/aromatic N) is 10. The van der Waals surface area contributed by atoms with Gasteiger partial charge in [0.05, 0.1) is 32.5 Å². The van der Waals surface area contributed by atoms with Crippen molar-refractivity contribution in [1.82, 2.24) is 0 Å². The second kappa shape index (κ2) is 13.3. The number of aromatic hydroxyl groups is 2. The fourth-order valence-electron chi connectivity index (χ4n) is 3.53. The maximum Gasteiger partial charge on any atom is 0.265 e. The van der Waals surface area contributed by atoms with Crippen molar-refractivity contribution in [3.05, 3.63) is 117 Å². The number of azo groups is 2. The van der Waals surface area contributed by atoms with Gasteiger partial charge in [0.1, 0.15) is 11.5 Å². The van der Waals surface area contributed by atoms with Crippen LogP contribution in [0.5, 0.6) is 11.5 Å². The molecular weight excluding hydrogens is 612 g/mol. The summed E-state index contributed by atoms with van der Waals surface area (Å²) in [6, 6.07) is 19.2. The van der Waals surface area contributed by atoms with Gasteiger partial charge in [-0.1, -0.05) is 24.3 Å². The van der Waals surface area contributed by atoms with Gasteiger partial charge in [-0.3, -0.25) is 0 Å². The normalized spacial score (nSPS) is 11.9. The molecule has 0 saturated carbocycles. The zero-order chi connectivity index (χ0) is 31.7. The Hall–Kier alpha value is -6.06. The smallest absolute Gasteiger partial charge is 0.265 e. The van der Waals surface area contributed by atoms with Crippen molar-refractivity contribution < 1.29 is 27.0 Å². The Labute approximate surface area is 249 Å². The molecule has 16 nitrogen and oxygen atoms in total. The Bertz CT molecular complexity index is 1970. The van der Waals surface area contributed by atoms with E-state index in [1.54, 1.807) is 0 Å². The van der Waals surface area contributed by atoms with E-state index < -0.39 is 29.8 Å². The standard InChI is InChI=1S/C26H18N10O6S2/c27-33-35-43(39,40)25-15-21(31-29-19-7-11-23(37)12-8-19)5-3-17(25)1-2-18-4-6-22(16-26(18)44(41,42)36-34-28)32-30-20-9-13-24(38)14-10-20/h1-16,37-38H/b2-1+,31-29?,32-30?. The molecule has 4 rings (SSSR count). The highest BCUT2D eigenvalue weighted by Crippen LogP contribution is 2.31. The number of phenols is 2. The summed E-state index contributed by atoms with van der Waals surface area (Å²) in [7, 11) is -9.10. The number of hydrogen-bond acceptors (Lipinski definition) is 10. The van der Waals surface area contributed by atoms with E-state index in [1.807, 2.05) is 0 Å². The van der Waals surface area contributed by atoms with Crippen LogP contribution in [0.4, 0.5) is 22.7 Å². The molecule has 0 aliphatic carbocycles. The number of rotatable bonds is 10. The molecule has 0 heterocycles. The van der Waals surface area contributed by atoms with Gasteiger partial charge in [-0.15, -0.1) is 0 Å². The summed E-state index contributed by atoms with van der Waals surface area (Å²) in [6.45, 7) is 0. The van der Waals surface area contributed by atoms with E-state index in [9.17, 15) is 27.0 Å². The highest BCUT2D eigenvalue weighted by Gasteiger charge is 2.19. The van der Waals surface area contributed by atoms with Crippen LogP contribution in [0.15, 0.2) is 124 Å². The second-order valence-corrected chi connectivity index (χ2v) is 11.6. The third-order valence-electron chi connectivity index (χ3n) is 5.54. The molecule has 220 valence electrons. The monoisotopic (exact) mass is 630 g/mol. The highest BCUT2D eigenvalue weighted by molar-refractivity contribution is 7.90. The highest BCUT2D eigenvalue weighted by atomic mass is 32.2. The lowest BCUT2D eigenvalue weighted by Crippen LogP contribution is -1.99. The fourth-order valence-corrected chi connectivity index (χ4v) is 5.30. The third-order valence-corrected chi connectivity index (χ3v) is 7.94. The molecule has 0 spiro atoms. The van der Waals surface area contributed by atoms with Crippen LogP contribution in [-0.4, -0.2) is 27.0 Å². The predicted octanol–water partition coefficient (Wildman–Crippen LogP) is 8.10. The van der Waals surface area contributed by atoms with Crippen LogP contribution >= 0.6 is 0 Å². The van der Waals surface area contributed by atoms with Gasteiger partial charge < -0.3 is 10.2 Å². The molecule has 4 aromatic carbocycles. The maximum atomic E-state index is 12.7. The lowest BCUT2D eigenvalue weighted by molar-refractivity contribution is 0.475. The van der Waals surface area contributed by atoms with Crippen LogP contribution in [0.2, 0.25) is 0 Å². The molecule has 0 aliphatic heterocycles. The minimum Gasteiger partial charge on any atom is -0.508 e. The summed E-state index contributed by atoms with van der Waals surface area (Å²) in [6.07, 6.45) is 2.51. The van der Waals surface area contributed by atoms with Crippen molar-refractivity contribution >= 4 is 54.9 Å². The Balaban J connectivity index is 1.76. The molecular formula is C26H18N10O6S2. The van der Waals surface area contributed by atoms with Gasteiger partial charge in [-0.05, 0) is 95.0 Å². The molecule has 44 heavy (non-hydrogen) atoms. The Morgan fingerprint density at radius 3 is 1.18 bits per heavy atom. The van der Waals surface area contributed by atoms with E-state index in [0.29, 0.717) is 11.4 Å². The van der Waals surface area contributed by atoms with Crippen LogP contribution in [0.1, 0.15) is 11.1 Å².